The maximum Gasteiger partial charge on any atom is 0.0682 e. The summed E-state index contributed by atoms with van der Waals surface area (Å²) in [6.07, 6.45) is 5.15. The van der Waals surface area contributed by atoms with Crippen LogP contribution in [-0.4, -0.2) is 11.7 Å². The molecule has 1 aliphatic carbocycles. The minimum atomic E-state index is -0.123. The van der Waals surface area contributed by atoms with E-state index in [9.17, 15) is 0 Å². The first-order valence-corrected chi connectivity index (χ1v) is 5.14. The molecular formula is C11H21O. The van der Waals surface area contributed by atoms with Crippen LogP contribution in [0.1, 0.15) is 46.5 Å². The van der Waals surface area contributed by atoms with E-state index < -0.39 is 0 Å². The molecule has 0 bridgehead atoms. The van der Waals surface area contributed by atoms with E-state index in [4.69, 9.17) is 4.74 Å². The van der Waals surface area contributed by atoms with E-state index in [0.717, 1.165) is 18.8 Å². The highest BCUT2D eigenvalue weighted by atomic mass is 16.5. The second-order valence-corrected chi connectivity index (χ2v) is 4.05. The average Bonchev–Trinajstić information content (AvgIpc) is 2.86. The molecule has 1 radical (unpaired) electrons. The van der Waals surface area contributed by atoms with Gasteiger partial charge >= 0.3 is 0 Å². The van der Waals surface area contributed by atoms with Gasteiger partial charge in [-0.3, -0.25) is 0 Å². The summed E-state index contributed by atoms with van der Waals surface area (Å²) in [6.45, 7) is 10.6. The Labute approximate surface area is 76.5 Å². The van der Waals surface area contributed by atoms with Crippen LogP contribution < -0.4 is 0 Å². The lowest BCUT2D eigenvalue weighted by Gasteiger charge is -2.31. The molecule has 12 heavy (non-hydrogen) atoms. The predicted octanol–water partition coefficient (Wildman–Crippen LogP) is 3.19. The normalized spacial score (nSPS) is 21.0. The summed E-state index contributed by atoms with van der Waals surface area (Å²) in [6, 6.07) is 0. The minimum Gasteiger partial charge on any atom is -0.372 e. The van der Waals surface area contributed by atoms with Crippen molar-refractivity contribution in [1.82, 2.24) is 0 Å². The van der Waals surface area contributed by atoms with E-state index >= 15 is 0 Å². The summed E-state index contributed by atoms with van der Waals surface area (Å²) in [4.78, 5) is 0. The van der Waals surface area contributed by atoms with Gasteiger partial charge in [0, 0.05) is 0 Å². The number of ether oxygens (including phenoxy) is 1. The SMILES string of the molecule is [CH2]C(CC)(CC)OC(C)C1CC1. The summed E-state index contributed by atoms with van der Waals surface area (Å²) in [5.74, 6) is 0.823. The second-order valence-electron chi connectivity index (χ2n) is 4.05. The Morgan fingerprint density at radius 2 is 1.92 bits per heavy atom. The van der Waals surface area contributed by atoms with Crippen LogP contribution >= 0.6 is 0 Å². The molecular weight excluding hydrogens is 148 g/mol. The van der Waals surface area contributed by atoms with E-state index in [2.05, 4.69) is 27.7 Å². The zero-order chi connectivity index (χ0) is 9.19. The van der Waals surface area contributed by atoms with E-state index in [1.807, 2.05) is 0 Å². The molecule has 0 aromatic carbocycles. The first kappa shape index (κ1) is 10.0. The van der Waals surface area contributed by atoms with E-state index in [0.29, 0.717) is 6.10 Å². The lowest BCUT2D eigenvalue weighted by atomic mass is 9.99. The fourth-order valence-corrected chi connectivity index (χ4v) is 1.47. The molecule has 1 unspecified atom stereocenters. The largest absolute Gasteiger partial charge is 0.372 e. The molecule has 1 fully saturated rings. The molecule has 71 valence electrons. The van der Waals surface area contributed by atoms with Crippen LogP contribution in [0.25, 0.3) is 0 Å². The van der Waals surface area contributed by atoms with Crippen LogP contribution in [0.15, 0.2) is 0 Å². The molecule has 1 saturated carbocycles. The molecule has 0 amide bonds. The Morgan fingerprint density at radius 1 is 1.42 bits per heavy atom. The maximum atomic E-state index is 5.95. The van der Waals surface area contributed by atoms with Crippen molar-refractivity contribution < 1.29 is 4.74 Å². The Bertz CT molecular complexity index is 134. The highest BCUT2D eigenvalue weighted by molar-refractivity contribution is 4.86. The van der Waals surface area contributed by atoms with Crippen molar-refractivity contribution in [1.29, 1.82) is 0 Å². The maximum absolute atomic E-state index is 5.95. The van der Waals surface area contributed by atoms with Crippen LogP contribution in [-0.2, 0) is 4.74 Å². The molecule has 0 spiro atoms. The fraction of sp³-hybridized carbons (Fsp3) is 0.909. The van der Waals surface area contributed by atoms with Crippen molar-refractivity contribution in [2.24, 2.45) is 5.92 Å². The topological polar surface area (TPSA) is 9.23 Å². The molecule has 0 aromatic rings. The molecule has 0 N–H and O–H groups in total. The van der Waals surface area contributed by atoms with Gasteiger partial charge in [0.15, 0.2) is 0 Å². The third kappa shape index (κ3) is 2.48. The molecule has 1 rings (SSSR count). The summed E-state index contributed by atoms with van der Waals surface area (Å²) in [7, 11) is 0. The first-order chi connectivity index (χ1) is 5.61. The van der Waals surface area contributed by atoms with Gasteiger partial charge in [-0.1, -0.05) is 13.8 Å². The molecule has 1 nitrogen and oxygen atoms in total. The standard InChI is InChI=1S/C11H21O/c1-5-11(4,6-2)12-9(3)10-7-8-10/h9-10H,4-8H2,1-3H3. The molecule has 0 aliphatic heterocycles. The Balaban J connectivity index is 2.34. The minimum absolute atomic E-state index is 0.123. The second kappa shape index (κ2) is 3.78. The summed E-state index contributed by atoms with van der Waals surface area (Å²) in [5.41, 5.74) is -0.123. The van der Waals surface area contributed by atoms with Crippen molar-refractivity contribution in [2.45, 2.75) is 58.2 Å². The van der Waals surface area contributed by atoms with E-state index in [1.165, 1.54) is 12.8 Å². The summed E-state index contributed by atoms with van der Waals surface area (Å²) >= 11 is 0. The first-order valence-electron chi connectivity index (χ1n) is 5.14. The fourth-order valence-electron chi connectivity index (χ4n) is 1.47. The Morgan fingerprint density at radius 3 is 2.25 bits per heavy atom. The van der Waals surface area contributed by atoms with Gasteiger partial charge < -0.3 is 4.74 Å². The number of hydrogen-bond acceptors (Lipinski definition) is 1. The van der Waals surface area contributed by atoms with E-state index in [1.54, 1.807) is 0 Å². The van der Waals surface area contributed by atoms with Crippen molar-refractivity contribution in [2.75, 3.05) is 0 Å². The summed E-state index contributed by atoms with van der Waals surface area (Å²) in [5, 5.41) is 0. The van der Waals surface area contributed by atoms with Gasteiger partial charge in [-0.2, -0.15) is 0 Å². The zero-order valence-electron chi connectivity index (χ0n) is 8.60. The quantitative estimate of drug-likeness (QED) is 0.614. The molecule has 0 heterocycles. The molecule has 1 heteroatoms. The highest BCUT2D eigenvalue weighted by Crippen LogP contribution is 2.36. The number of rotatable bonds is 5. The average molecular weight is 169 g/mol. The van der Waals surface area contributed by atoms with Crippen molar-refractivity contribution in [3.05, 3.63) is 6.92 Å². The van der Waals surface area contributed by atoms with Gasteiger partial charge in [0.2, 0.25) is 0 Å². The van der Waals surface area contributed by atoms with Gasteiger partial charge in [-0.05, 0) is 45.4 Å². The van der Waals surface area contributed by atoms with Crippen LogP contribution in [0.4, 0.5) is 0 Å². The van der Waals surface area contributed by atoms with Gasteiger partial charge in [0.25, 0.3) is 0 Å². The molecule has 1 aliphatic rings. The van der Waals surface area contributed by atoms with Crippen LogP contribution in [0.3, 0.4) is 0 Å². The van der Waals surface area contributed by atoms with Gasteiger partial charge in [-0.25, -0.2) is 0 Å². The van der Waals surface area contributed by atoms with Gasteiger partial charge in [0.1, 0.15) is 0 Å². The molecule has 1 atom stereocenters. The lowest BCUT2D eigenvalue weighted by molar-refractivity contribution is -0.0705. The smallest absolute Gasteiger partial charge is 0.0682 e. The van der Waals surface area contributed by atoms with Gasteiger partial charge in [-0.15, -0.1) is 0 Å². The highest BCUT2D eigenvalue weighted by Gasteiger charge is 2.33. The predicted molar refractivity (Wildman–Crippen MR) is 51.9 cm³/mol. The van der Waals surface area contributed by atoms with Crippen molar-refractivity contribution in [3.8, 4) is 0 Å². The lowest BCUT2D eigenvalue weighted by Crippen LogP contribution is -2.32. The molecule has 0 saturated heterocycles. The van der Waals surface area contributed by atoms with Gasteiger partial charge in [0.05, 0.1) is 11.7 Å². The number of hydrogen-bond donors (Lipinski definition) is 0. The molecule has 0 aromatic heterocycles. The third-order valence-corrected chi connectivity index (χ3v) is 3.01. The van der Waals surface area contributed by atoms with Crippen LogP contribution in [0.5, 0.6) is 0 Å². The Hall–Kier alpha value is -0.0400. The van der Waals surface area contributed by atoms with E-state index in [-0.39, 0.29) is 5.60 Å². The van der Waals surface area contributed by atoms with Crippen LogP contribution in [0, 0.1) is 12.8 Å². The van der Waals surface area contributed by atoms with Crippen molar-refractivity contribution >= 4 is 0 Å². The Kier molecular flexibility index (Phi) is 3.16. The third-order valence-electron chi connectivity index (χ3n) is 3.01. The van der Waals surface area contributed by atoms with Crippen molar-refractivity contribution in [3.63, 3.8) is 0 Å². The zero-order valence-corrected chi connectivity index (χ0v) is 8.60. The van der Waals surface area contributed by atoms with Crippen LogP contribution in [0.2, 0.25) is 0 Å². The monoisotopic (exact) mass is 169 g/mol. The summed E-state index contributed by atoms with van der Waals surface area (Å²) < 4.78 is 5.95.